The maximum atomic E-state index is 6.18. The highest BCUT2D eigenvalue weighted by molar-refractivity contribution is 5.32. The largest absolute Gasteiger partial charge is 0.379 e. The highest BCUT2D eigenvalue weighted by Crippen LogP contribution is 2.42. The van der Waals surface area contributed by atoms with Crippen LogP contribution in [0, 0.1) is 0 Å². The molecule has 1 saturated carbocycles. The van der Waals surface area contributed by atoms with Crippen LogP contribution in [0.3, 0.4) is 0 Å². The van der Waals surface area contributed by atoms with Gasteiger partial charge in [0.05, 0.1) is 13.2 Å². The lowest BCUT2D eigenvalue weighted by Gasteiger charge is -2.26. The molecule has 3 heteroatoms. The lowest BCUT2D eigenvalue weighted by molar-refractivity contribution is 0.0342. The first-order chi connectivity index (χ1) is 8.26. The third kappa shape index (κ3) is 2.51. The van der Waals surface area contributed by atoms with Crippen molar-refractivity contribution >= 4 is 0 Å². The molecule has 1 aromatic carbocycles. The van der Waals surface area contributed by atoms with E-state index >= 15 is 0 Å². The average Bonchev–Trinajstić information content (AvgIpc) is 3.11. The summed E-state index contributed by atoms with van der Waals surface area (Å²) in [6.07, 6.45) is 2.27. The van der Waals surface area contributed by atoms with Crippen LogP contribution in [0.1, 0.15) is 24.0 Å². The van der Waals surface area contributed by atoms with Crippen LogP contribution >= 0.6 is 0 Å². The molecule has 2 aliphatic rings. The molecule has 3 nitrogen and oxygen atoms in total. The van der Waals surface area contributed by atoms with E-state index in [1.807, 2.05) is 0 Å². The summed E-state index contributed by atoms with van der Waals surface area (Å²) in [4.78, 5) is 2.44. The molecule has 1 saturated heterocycles. The van der Waals surface area contributed by atoms with Gasteiger partial charge in [-0.25, -0.2) is 0 Å². The first-order valence-electron chi connectivity index (χ1n) is 6.45. The van der Waals surface area contributed by atoms with Crippen LogP contribution < -0.4 is 5.73 Å². The van der Waals surface area contributed by atoms with E-state index in [4.69, 9.17) is 10.5 Å². The van der Waals surface area contributed by atoms with E-state index < -0.39 is 0 Å². The van der Waals surface area contributed by atoms with E-state index in [2.05, 4.69) is 29.2 Å². The fraction of sp³-hybridized carbons (Fsp3) is 0.571. The molecule has 0 bridgehead atoms. The van der Waals surface area contributed by atoms with Gasteiger partial charge in [-0.15, -0.1) is 0 Å². The van der Waals surface area contributed by atoms with Gasteiger partial charge < -0.3 is 10.5 Å². The summed E-state index contributed by atoms with van der Waals surface area (Å²) < 4.78 is 5.35. The Bertz CT molecular complexity index is 378. The Labute approximate surface area is 103 Å². The molecule has 2 N–H and O–H groups in total. The van der Waals surface area contributed by atoms with Crippen molar-refractivity contribution in [1.29, 1.82) is 0 Å². The van der Waals surface area contributed by atoms with E-state index in [1.165, 1.54) is 11.1 Å². The van der Waals surface area contributed by atoms with Gasteiger partial charge in [0.2, 0.25) is 0 Å². The Balaban J connectivity index is 1.63. The van der Waals surface area contributed by atoms with Crippen LogP contribution in [0.4, 0.5) is 0 Å². The van der Waals surface area contributed by atoms with Gasteiger partial charge in [0.15, 0.2) is 0 Å². The number of morpholine rings is 1. The standard InChI is InChI=1S/C14H20N2O/c15-14(5-6-14)13-3-1-12(2-4-13)11-16-7-9-17-10-8-16/h1-4H,5-11,15H2. The first kappa shape index (κ1) is 11.2. The lowest BCUT2D eigenvalue weighted by atomic mass is 10.0. The third-order valence-corrected chi connectivity index (χ3v) is 3.83. The molecule has 3 rings (SSSR count). The molecule has 0 radical (unpaired) electrons. The predicted octanol–water partition coefficient (Wildman–Crippen LogP) is 1.47. The summed E-state index contributed by atoms with van der Waals surface area (Å²) in [7, 11) is 0. The van der Waals surface area contributed by atoms with E-state index in [9.17, 15) is 0 Å². The van der Waals surface area contributed by atoms with Gasteiger partial charge in [-0.05, 0) is 24.0 Å². The van der Waals surface area contributed by atoms with Gasteiger partial charge in [0.25, 0.3) is 0 Å². The van der Waals surface area contributed by atoms with Crippen LogP contribution in [0.15, 0.2) is 24.3 Å². The summed E-state index contributed by atoms with van der Waals surface area (Å²) >= 11 is 0. The number of ether oxygens (including phenoxy) is 1. The molecule has 1 aromatic rings. The minimum Gasteiger partial charge on any atom is -0.379 e. The van der Waals surface area contributed by atoms with Crippen LogP contribution in [0.5, 0.6) is 0 Å². The molecule has 0 unspecified atom stereocenters. The smallest absolute Gasteiger partial charge is 0.0594 e. The molecule has 0 aromatic heterocycles. The summed E-state index contributed by atoms with van der Waals surface area (Å²) in [5.74, 6) is 0. The van der Waals surface area contributed by atoms with Gasteiger partial charge in [0, 0.05) is 25.2 Å². The summed E-state index contributed by atoms with van der Waals surface area (Å²) in [6, 6.07) is 8.83. The molecule has 0 atom stereocenters. The Morgan fingerprint density at radius 2 is 1.76 bits per heavy atom. The normalized spacial score (nSPS) is 23.6. The van der Waals surface area contributed by atoms with Crippen LogP contribution in [0.25, 0.3) is 0 Å². The molecule has 1 aliphatic heterocycles. The number of hydrogen-bond acceptors (Lipinski definition) is 3. The minimum absolute atomic E-state index is 0.00249. The van der Waals surface area contributed by atoms with Gasteiger partial charge in [-0.2, -0.15) is 0 Å². The number of hydrogen-bond donors (Lipinski definition) is 1. The zero-order chi connectivity index (χ0) is 11.7. The Kier molecular flexibility index (Phi) is 2.90. The van der Waals surface area contributed by atoms with Gasteiger partial charge >= 0.3 is 0 Å². The summed E-state index contributed by atoms with van der Waals surface area (Å²) in [6.45, 7) is 4.85. The van der Waals surface area contributed by atoms with Crippen LogP contribution in [0.2, 0.25) is 0 Å². The van der Waals surface area contributed by atoms with Crippen molar-refractivity contribution in [3.8, 4) is 0 Å². The van der Waals surface area contributed by atoms with E-state index in [0.717, 1.165) is 45.7 Å². The molecule has 2 fully saturated rings. The molecular formula is C14H20N2O. The van der Waals surface area contributed by atoms with Gasteiger partial charge in [-0.3, -0.25) is 4.90 Å². The summed E-state index contributed by atoms with van der Waals surface area (Å²) in [5, 5.41) is 0. The third-order valence-electron chi connectivity index (χ3n) is 3.83. The molecule has 1 aliphatic carbocycles. The summed E-state index contributed by atoms with van der Waals surface area (Å²) in [5.41, 5.74) is 8.84. The van der Waals surface area contributed by atoms with Crippen LogP contribution in [-0.4, -0.2) is 31.2 Å². The fourth-order valence-electron chi connectivity index (χ4n) is 2.38. The van der Waals surface area contributed by atoms with E-state index in [1.54, 1.807) is 0 Å². The van der Waals surface area contributed by atoms with E-state index in [-0.39, 0.29) is 5.54 Å². The zero-order valence-electron chi connectivity index (χ0n) is 10.2. The Hall–Kier alpha value is -0.900. The average molecular weight is 232 g/mol. The number of benzene rings is 1. The molecular weight excluding hydrogens is 212 g/mol. The molecule has 92 valence electrons. The molecule has 1 heterocycles. The molecule has 0 spiro atoms. The second-order valence-electron chi connectivity index (χ2n) is 5.24. The zero-order valence-corrected chi connectivity index (χ0v) is 10.2. The first-order valence-corrected chi connectivity index (χ1v) is 6.45. The maximum Gasteiger partial charge on any atom is 0.0594 e. The highest BCUT2D eigenvalue weighted by atomic mass is 16.5. The van der Waals surface area contributed by atoms with Gasteiger partial charge in [-0.1, -0.05) is 24.3 Å². The van der Waals surface area contributed by atoms with Crippen molar-refractivity contribution in [3.63, 3.8) is 0 Å². The van der Waals surface area contributed by atoms with Crippen molar-refractivity contribution in [2.24, 2.45) is 5.73 Å². The van der Waals surface area contributed by atoms with Crippen LogP contribution in [-0.2, 0) is 16.8 Å². The predicted molar refractivity (Wildman–Crippen MR) is 67.6 cm³/mol. The number of nitrogens with two attached hydrogens (primary N) is 1. The van der Waals surface area contributed by atoms with Gasteiger partial charge in [0.1, 0.15) is 0 Å². The SMILES string of the molecule is NC1(c2ccc(CN3CCOCC3)cc2)CC1. The lowest BCUT2D eigenvalue weighted by Crippen LogP contribution is -2.35. The number of rotatable bonds is 3. The quantitative estimate of drug-likeness (QED) is 0.857. The highest BCUT2D eigenvalue weighted by Gasteiger charge is 2.39. The topological polar surface area (TPSA) is 38.5 Å². The minimum atomic E-state index is -0.00249. The number of nitrogens with zero attached hydrogens (tertiary/aromatic N) is 1. The fourth-order valence-corrected chi connectivity index (χ4v) is 2.38. The Morgan fingerprint density at radius 3 is 2.35 bits per heavy atom. The molecule has 17 heavy (non-hydrogen) atoms. The maximum absolute atomic E-state index is 6.18. The van der Waals surface area contributed by atoms with Crippen molar-refractivity contribution in [2.45, 2.75) is 24.9 Å². The van der Waals surface area contributed by atoms with E-state index in [0.29, 0.717) is 0 Å². The van der Waals surface area contributed by atoms with Crippen molar-refractivity contribution in [2.75, 3.05) is 26.3 Å². The van der Waals surface area contributed by atoms with Crippen molar-refractivity contribution < 1.29 is 4.74 Å². The monoisotopic (exact) mass is 232 g/mol. The second kappa shape index (κ2) is 4.41. The molecule has 0 amide bonds. The second-order valence-corrected chi connectivity index (χ2v) is 5.24. The Morgan fingerprint density at radius 1 is 1.12 bits per heavy atom. The van der Waals surface area contributed by atoms with Crippen molar-refractivity contribution in [1.82, 2.24) is 4.90 Å². The van der Waals surface area contributed by atoms with Crippen molar-refractivity contribution in [3.05, 3.63) is 35.4 Å².